The number of rotatable bonds is 5. The van der Waals surface area contributed by atoms with Gasteiger partial charge >= 0.3 is 0 Å². The third-order valence-electron chi connectivity index (χ3n) is 1.71. The normalized spacial score (nSPS) is 10.7. The van der Waals surface area contributed by atoms with E-state index in [0.717, 1.165) is 19.5 Å². The van der Waals surface area contributed by atoms with Crippen LogP contribution in [0.2, 0.25) is 0 Å². The second-order valence-corrected chi connectivity index (χ2v) is 3.32. The molecule has 0 rings (SSSR count). The van der Waals surface area contributed by atoms with Gasteiger partial charge in [0.05, 0.1) is 5.60 Å². The summed E-state index contributed by atoms with van der Waals surface area (Å²) in [6, 6.07) is 0. The molecule has 0 aliphatic carbocycles. The predicted molar refractivity (Wildman–Crippen MR) is 52.0 cm³/mol. The van der Waals surface area contributed by atoms with Crippen molar-refractivity contribution in [1.29, 1.82) is 0 Å². The van der Waals surface area contributed by atoms with Crippen LogP contribution in [-0.4, -0.2) is 25.8 Å². The average Bonchev–Trinajstić information content (AvgIpc) is 2.04. The first kappa shape index (κ1) is 11.5. The predicted octanol–water partition coefficient (Wildman–Crippen LogP) is 1.41. The Bertz CT molecular complexity index is 164. The Kier molecular flexibility index (Phi) is 5.79. The molecule has 0 bridgehead atoms. The number of nitrogens with one attached hydrogen (secondary N) is 1. The van der Waals surface area contributed by atoms with Crippen LogP contribution in [-0.2, 0) is 4.74 Å². The highest BCUT2D eigenvalue weighted by Gasteiger charge is 2.14. The number of hydrogen-bond acceptors (Lipinski definition) is 2. The van der Waals surface area contributed by atoms with E-state index in [4.69, 9.17) is 4.74 Å². The van der Waals surface area contributed by atoms with Crippen LogP contribution in [0.5, 0.6) is 0 Å². The molecule has 0 aliphatic heterocycles. The van der Waals surface area contributed by atoms with Crippen molar-refractivity contribution < 1.29 is 4.74 Å². The fourth-order valence-electron chi connectivity index (χ4n) is 0.737. The first-order chi connectivity index (χ1) is 5.62. The summed E-state index contributed by atoms with van der Waals surface area (Å²) in [6.45, 7) is 7.79. The minimum absolute atomic E-state index is 0.0698. The molecule has 1 N–H and O–H groups in total. The zero-order chi connectivity index (χ0) is 9.45. The molecule has 0 saturated heterocycles. The van der Waals surface area contributed by atoms with Gasteiger partial charge in [0.25, 0.3) is 0 Å². The summed E-state index contributed by atoms with van der Waals surface area (Å²) in [5.41, 5.74) is -0.0698. The second-order valence-electron chi connectivity index (χ2n) is 3.32. The van der Waals surface area contributed by atoms with Crippen LogP contribution in [0.25, 0.3) is 0 Å². The van der Waals surface area contributed by atoms with Crippen molar-refractivity contribution in [1.82, 2.24) is 5.32 Å². The lowest BCUT2D eigenvalue weighted by atomic mass is 10.1. The summed E-state index contributed by atoms with van der Waals surface area (Å²) in [5.74, 6) is 5.86. The quantitative estimate of drug-likeness (QED) is 0.496. The summed E-state index contributed by atoms with van der Waals surface area (Å²) >= 11 is 0. The van der Waals surface area contributed by atoms with Gasteiger partial charge in [0, 0.05) is 26.6 Å². The van der Waals surface area contributed by atoms with Gasteiger partial charge in [-0.2, -0.15) is 0 Å². The van der Waals surface area contributed by atoms with Crippen molar-refractivity contribution in [2.24, 2.45) is 0 Å². The minimum Gasteiger partial charge on any atom is -0.377 e. The maximum atomic E-state index is 5.25. The molecular formula is C10H19NO. The molecule has 0 aromatic rings. The molecule has 2 heteroatoms. The highest BCUT2D eigenvalue weighted by molar-refractivity contribution is 4.95. The molecule has 0 unspecified atom stereocenters. The SMILES string of the molecule is CC#CCCNCC(C)(C)OC. The van der Waals surface area contributed by atoms with E-state index in [1.165, 1.54) is 0 Å². The van der Waals surface area contributed by atoms with E-state index in [0.29, 0.717) is 0 Å². The zero-order valence-electron chi connectivity index (χ0n) is 8.53. The molecule has 70 valence electrons. The lowest BCUT2D eigenvalue weighted by Crippen LogP contribution is -2.37. The van der Waals surface area contributed by atoms with Crippen LogP contribution in [0.15, 0.2) is 0 Å². The van der Waals surface area contributed by atoms with Crippen molar-refractivity contribution in [2.45, 2.75) is 32.8 Å². The Morgan fingerprint density at radius 1 is 1.42 bits per heavy atom. The van der Waals surface area contributed by atoms with Crippen LogP contribution in [0, 0.1) is 11.8 Å². The molecule has 0 spiro atoms. The lowest BCUT2D eigenvalue weighted by molar-refractivity contribution is 0.0236. The Labute approximate surface area is 75.7 Å². The molecule has 0 aliphatic rings. The molecule has 0 aromatic carbocycles. The molecule has 0 radical (unpaired) electrons. The Morgan fingerprint density at radius 2 is 2.08 bits per heavy atom. The van der Waals surface area contributed by atoms with Gasteiger partial charge in [-0.15, -0.1) is 11.8 Å². The first-order valence-corrected chi connectivity index (χ1v) is 4.28. The molecule has 0 fully saturated rings. The average molecular weight is 169 g/mol. The van der Waals surface area contributed by atoms with Gasteiger partial charge in [-0.25, -0.2) is 0 Å². The van der Waals surface area contributed by atoms with Gasteiger partial charge < -0.3 is 10.1 Å². The Balaban J connectivity index is 3.35. The zero-order valence-corrected chi connectivity index (χ0v) is 8.53. The van der Waals surface area contributed by atoms with E-state index in [-0.39, 0.29) is 5.60 Å². The Morgan fingerprint density at radius 3 is 2.58 bits per heavy atom. The number of ether oxygens (including phenoxy) is 1. The van der Waals surface area contributed by atoms with E-state index in [2.05, 4.69) is 31.0 Å². The van der Waals surface area contributed by atoms with E-state index in [9.17, 15) is 0 Å². The van der Waals surface area contributed by atoms with E-state index >= 15 is 0 Å². The monoisotopic (exact) mass is 169 g/mol. The smallest absolute Gasteiger partial charge is 0.0746 e. The first-order valence-electron chi connectivity index (χ1n) is 4.28. The molecule has 12 heavy (non-hydrogen) atoms. The largest absolute Gasteiger partial charge is 0.377 e. The molecule has 2 nitrogen and oxygen atoms in total. The third kappa shape index (κ3) is 6.21. The summed E-state index contributed by atoms with van der Waals surface area (Å²) in [6.07, 6.45) is 0.913. The Hall–Kier alpha value is -0.520. The van der Waals surface area contributed by atoms with Gasteiger partial charge in [0.15, 0.2) is 0 Å². The fraction of sp³-hybridized carbons (Fsp3) is 0.800. The fourth-order valence-corrected chi connectivity index (χ4v) is 0.737. The van der Waals surface area contributed by atoms with Crippen LogP contribution in [0.3, 0.4) is 0 Å². The molecule has 0 atom stereocenters. The van der Waals surface area contributed by atoms with Gasteiger partial charge in [-0.3, -0.25) is 0 Å². The van der Waals surface area contributed by atoms with E-state index in [1.54, 1.807) is 7.11 Å². The molecule has 0 amide bonds. The van der Waals surface area contributed by atoms with Crippen LogP contribution >= 0.6 is 0 Å². The maximum Gasteiger partial charge on any atom is 0.0746 e. The van der Waals surface area contributed by atoms with Gasteiger partial charge in [0.1, 0.15) is 0 Å². The van der Waals surface area contributed by atoms with E-state index in [1.807, 2.05) is 6.92 Å². The van der Waals surface area contributed by atoms with Gasteiger partial charge in [-0.1, -0.05) is 0 Å². The lowest BCUT2D eigenvalue weighted by Gasteiger charge is -2.22. The van der Waals surface area contributed by atoms with Crippen molar-refractivity contribution in [3.8, 4) is 11.8 Å². The maximum absolute atomic E-state index is 5.25. The highest BCUT2D eigenvalue weighted by Crippen LogP contribution is 2.04. The molecular weight excluding hydrogens is 150 g/mol. The topological polar surface area (TPSA) is 21.3 Å². The van der Waals surface area contributed by atoms with Crippen LogP contribution < -0.4 is 5.32 Å². The standard InChI is InChI=1S/C10H19NO/c1-5-6-7-8-11-9-10(2,3)12-4/h11H,7-9H2,1-4H3. The highest BCUT2D eigenvalue weighted by atomic mass is 16.5. The van der Waals surface area contributed by atoms with Crippen molar-refractivity contribution in [3.63, 3.8) is 0 Å². The summed E-state index contributed by atoms with van der Waals surface area (Å²) in [7, 11) is 1.73. The third-order valence-corrected chi connectivity index (χ3v) is 1.71. The summed E-state index contributed by atoms with van der Waals surface area (Å²) in [4.78, 5) is 0. The summed E-state index contributed by atoms with van der Waals surface area (Å²) in [5, 5.41) is 3.28. The number of hydrogen-bond donors (Lipinski definition) is 1. The number of methoxy groups -OCH3 is 1. The van der Waals surface area contributed by atoms with Crippen molar-refractivity contribution in [3.05, 3.63) is 0 Å². The molecule has 0 heterocycles. The van der Waals surface area contributed by atoms with Crippen molar-refractivity contribution in [2.75, 3.05) is 20.2 Å². The second kappa shape index (κ2) is 6.05. The minimum atomic E-state index is -0.0698. The van der Waals surface area contributed by atoms with Gasteiger partial charge in [-0.05, 0) is 20.8 Å². The van der Waals surface area contributed by atoms with Crippen LogP contribution in [0.1, 0.15) is 27.2 Å². The summed E-state index contributed by atoms with van der Waals surface area (Å²) < 4.78 is 5.25. The molecule has 0 aromatic heterocycles. The van der Waals surface area contributed by atoms with Crippen LogP contribution in [0.4, 0.5) is 0 Å². The van der Waals surface area contributed by atoms with E-state index < -0.39 is 0 Å². The van der Waals surface area contributed by atoms with Crippen molar-refractivity contribution >= 4 is 0 Å². The molecule has 0 saturated carbocycles. The van der Waals surface area contributed by atoms with Gasteiger partial charge in [0.2, 0.25) is 0 Å².